The molecule has 0 bridgehead atoms. The van der Waals surface area contributed by atoms with Crippen LogP contribution in [0.3, 0.4) is 0 Å². The molecule has 0 unspecified atom stereocenters. The van der Waals surface area contributed by atoms with Crippen molar-refractivity contribution in [3.05, 3.63) is 15.2 Å². The SMILES string of the molecule is Cc1[nH]c([C@@H]2CCCN2C(=O)O)nc1I. The molecule has 82 valence electrons. The van der Waals surface area contributed by atoms with Gasteiger partial charge in [-0.25, -0.2) is 9.78 Å². The number of rotatable bonds is 1. The quantitative estimate of drug-likeness (QED) is 0.779. The van der Waals surface area contributed by atoms with Gasteiger partial charge in [-0.3, -0.25) is 4.90 Å². The monoisotopic (exact) mass is 321 g/mol. The van der Waals surface area contributed by atoms with Crippen LogP contribution in [-0.4, -0.2) is 32.6 Å². The van der Waals surface area contributed by atoms with Crippen LogP contribution in [0.25, 0.3) is 0 Å². The minimum absolute atomic E-state index is 0.0929. The Kier molecular flexibility index (Phi) is 2.85. The average Bonchev–Trinajstić information content (AvgIpc) is 2.73. The Morgan fingerprint density at radius 3 is 3.00 bits per heavy atom. The molecule has 5 nitrogen and oxygen atoms in total. The number of likely N-dealkylation sites (tertiary alicyclic amines) is 1. The zero-order valence-corrected chi connectivity index (χ0v) is 10.5. The maximum Gasteiger partial charge on any atom is 0.407 e. The summed E-state index contributed by atoms with van der Waals surface area (Å²) in [5.41, 5.74) is 1.00. The molecule has 2 heterocycles. The Bertz CT molecular complexity index is 371. The van der Waals surface area contributed by atoms with Crippen molar-refractivity contribution in [3.8, 4) is 0 Å². The maximum atomic E-state index is 11.0. The van der Waals surface area contributed by atoms with E-state index in [-0.39, 0.29) is 6.04 Å². The van der Waals surface area contributed by atoms with Gasteiger partial charge in [0.25, 0.3) is 0 Å². The first-order valence-electron chi connectivity index (χ1n) is 4.81. The number of halogens is 1. The molecule has 1 aliphatic rings. The highest BCUT2D eigenvalue weighted by molar-refractivity contribution is 14.1. The summed E-state index contributed by atoms with van der Waals surface area (Å²) in [7, 11) is 0. The van der Waals surface area contributed by atoms with Gasteiger partial charge in [0.2, 0.25) is 0 Å². The van der Waals surface area contributed by atoms with Crippen molar-refractivity contribution in [2.45, 2.75) is 25.8 Å². The van der Waals surface area contributed by atoms with Crippen LogP contribution in [0.15, 0.2) is 0 Å². The van der Waals surface area contributed by atoms with Gasteiger partial charge in [0.15, 0.2) is 0 Å². The van der Waals surface area contributed by atoms with E-state index in [1.165, 1.54) is 4.90 Å². The molecule has 1 aromatic heterocycles. The fourth-order valence-corrected chi connectivity index (χ4v) is 2.29. The van der Waals surface area contributed by atoms with Crippen molar-refractivity contribution >= 4 is 28.7 Å². The minimum Gasteiger partial charge on any atom is -0.465 e. The summed E-state index contributed by atoms with van der Waals surface area (Å²) in [6.07, 6.45) is 0.907. The van der Waals surface area contributed by atoms with Crippen molar-refractivity contribution in [1.82, 2.24) is 14.9 Å². The van der Waals surface area contributed by atoms with Gasteiger partial charge in [-0.1, -0.05) is 0 Å². The highest BCUT2D eigenvalue weighted by Crippen LogP contribution is 2.30. The van der Waals surface area contributed by atoms with Gasteiger partial charge >= 0.3 is 6.09 Å². The first-order valence-corrected chi connectivity index (χ1v) is 5.89. The van der Waals surface area contributed by atoms with E-state index in [4.69, 9.17) is 5.11 Å². The number of hydrogen-bond acceptors (Lipinski definition) is 2. The number of imidazole rings is 1. The summed E-state index contributed by atoms with van der Waals surface area (Å²) >= 11 is 2.15. The number of carbonyl (C=O) groups is 1. The molecule has 1 saturated heterocycles. The van der Waals surface area contributed by atoms with E-state index >= 15 is 0 Å². The number of carboxylic acid groups (broad SMARTS) is 1. The number of aryl methyl sites for hydroxylation is 1. The summed E-state index contributed by atoms with van der Waals surface area (Å²) in [4.78, 5) is 19.9. The fraction of sp³-hybridized carbons (Fsp3) is 0.556. The van der Waals surface area contributed by atoms with E-state index in [2.05, 4.69) is 32.6 Å². The zero-order valence-electron chi connectivity index (χ0n) is 8.33. The third-order valence-corrected chi connectivity index (χ3v) is 3.71. The topological polar surface area (TPSA) is 69.2 Å². The first kappa shape index (κ1) is 10.7. The molecule has 1 aliphatic heterocycles. The van der Waals surface area contributed by atoms with E-state index in [0.29, 0.717) is 6.54 Å². The fourth-order valence-electron chi connectivity index (χ4n) is 1.90. The second-order valence-corrected chi connectivity index (χ2v) is 4.69. The molecule has 6 heteroatoms. The van der Waals surface area contributed by atoms with Crippen molar-refractivity contribution in [2.24, 2.45) is 0 Å². The molecule has 0 spiro atoms. The summed E-state index contributed by atoms with van der Waals surface area (Å²) in [6, 6.07) is -0.0929. The van der Waals surface area contributed by atoms with E-state index in [0.717, 1.165) is 28.1 Å². The third kappa shape index (κ3) is 1.95. The molecule has 2 rings (SSSR count). The van der Waals surface area contributed by atoms with Crippen LogP contribution in [-0.2, 0) is 0 Å². The molecular weight excluding hydrogens is 309 g/mol. The van der Waals surface area contributed by atoms with Crippen LogP contribution in [0.2, 0.25) is 0 Å². The average molecular weight is 321 g/mol. The lowest BCUT2D eigenvalue weighted by molar-refractivity contribution is 0.138. The standard InChI is InChI=1S/C9H12IN3O2/c1-5-7(10)12-8(11-5)6-3-2-4-13(6)9(14)15/h6H,2-4H2,1H3,(H,11,12)(H,14,15)/t6-/m0/s1. The number of aromatic nitrogens is 2. The van der Waals surface area contributed by atoms with Crippen LogP contribution >= 0.6 is 22.6 Å². The molecule has 0 aliphatic carbocycles. The molecule has 1 aromatic rings. The summed E-state index contributed by atoms with van der Waals surface area (Å²) in [5, 5.41) is 9.00. The number of nitrogens with one attached hydrogen (secondary N) is 1. The van der Waals surface area contributed by atoms with Crippen molar-refractivity contribution in [3.63, 3.8) is 0 Å². The van der Waals surface area contributed by atoms with Gasteiger partial charge in [-0.05, 0) is 42.4 Å². The Morgan fingerprint density at radius 2 is 2.47 bits per heavy atom. The Hall–Kier alpha value is -0.790. The molecule has 1 fully saturated rings. The van der Waals surface area contributed by atoms with Gasteiger partial charge in [-0.2, -0.15) is 0 Å². The highest BCUT2D eigenvalue weighted by Gasteiger charge is 2.32. The smallest absolute Gasteiger partial charge is 0.407 e. The van der Waals surface area contributed by atoms with Gasteiger partial charge < -0.3 is 10.1 Å². The van der Waals surface area contributed by atoms with Crippen LogP contribution < -0.4 is 0 Å². The van der Waals surface area contributed by atoms with Crippen LogP contribution in [0.4, 0.5) is 4.79 Å². The maximum absolute atomic E-state index is 11.0. The molecule has 1 atom stereocenters. The van der Waals surface area contributed by atoms with Crippen molar-refractivity contribution < 1.29 is 9.90 Å². The van der Waals surface area contributed by atoms with Gasteiger partial charge in [0.05, 0.1) is 6.04 Å². The predicted octanol–water partition coefficient (Wildman–Crippen LogP) is 2.14. The second kappa shape index (κ2) is 3.99. The lowest BCUT2D eigenvalue weighted by Gasteiger charge is -2.19. The Morgan fingerprint density at radius 1 is 1.73 bits per heavy atom. The predicted molar refractivity (Wildman–Crippen MR) is 62.7 cm³/mol. The Balaban J connectivity index is 2.26. The van der Waals surface area contributed by atoms with E-state index in [9.17, 15) is 4.79 Å². The number of aromatic amines is 1. The number of hydrogen-bond donors (Lipinski definition) is 2. The third-order valence-electron chi connectivity index (χ3n) is 2.66. The molecule has 0 radical (unpaired) electrons. The normalized spacial score (nSPS) is 20.9. The summed E-state index contributed by atoms with van der Waals surface area (Å²) < 4.78 is 0.917. The second-order valence-electron chi connectivity index (χ2n) is 3.67. The minimum atomic E-state index is -0.860. The van der Waals surface area contributed by atoms with Crippen LogP contribution in [0.1, 0.15) is 30.4 Å². The van der Waals surface area contributed by atoms with E-state index in [1.54, 1.807) is 0 Å². The number of H-pyrrole nitrogens is 1. The van der Waals surface area contributed by atoms with Gasteiger partial charge in [0.1, 0.15) is 9.53 Å². The van der Waals surface area contributed by atoms with E-state index in [1.807, 2.05) is 6.92 Å². The zero-order chi connectivity index (χ0) is 11.0. The molecule has 0 aromatic carbocycles. The van der Waals surface area contributed by atoms with Gasteiger partial charge in [0, 0.05) is 12.2 Å². The molecular formula is C9H12IN3O2. The molecule has 2 N–H and O–H groups in total. The summed E-state index contributed by atoms with van der Waals surface area (Å²) in [6.45, 7) is 2.55. The first-order chi connectivity index (χ1) is 7.09. The molecule has 15 heavy (non-hydrogen) atoms. The van der Waals surface area contributed by atoms with Crippen molar-refractivity contribution in [2.75, 3.05) is 6.54 Å². The number of nitrogens with zero attached hydrogens (tertiary/aromatic N) is 2. The lowest BCUT2D eigenvalue weighted by Crippen LogP contribution is -2.29. The molecule has 1 amide bonds. The Labute approximate surface area is 101 Å². The van der Waals surface area contributed by atoms with Crippen molar-refractivity contribution in [1.29, 1.82) is 0 Å². The van der Waals surface area contributed by atoms with E-state index < -0.39 is 6.09 Å². The summed E-state index contributed by atoms with van der Waals surface area (Å²) in [5.74, 6) is 0.775. The van der Waals surface area contributed by atoms with Crippen LogP contribution in [0.5, 0.6) is 0 Å². The highest BCUT2D eigenvalue weighted by atomic mass is 127. The van der Waals surface area contributed by atoms with Crippen LogP contribution in [0, 0.1) is 10.6 Å². The van der Waals surface area contributed by atoms with Gasteiger partial charge in [-0.15, -0.1) is 0 Å². The number of amides is 1. The largest absolute Gasteiger partial charge is 0.465 e. The molecule has 0 saturated carbocycles. The lowest BCUT2D eigenvalue weighted by atomic mass is 10.2.